The Hall–Kier alpha value is -2.40. The van der Waals surface area contributed by atoms with Crippen molar-refractivity contribution in [2.45, 2.75) is 12.1 Å². The quantitative estimate of drug-likeness (QED) is 0.359. The highest BCUT2D eigenvalue weighted by atomic mass is 127. The second kappa shape index (κ2) is 9.00. The lowest BCUT2D eigenvalue weighted by Crippen LogP contribution is -2.14. The molecule has 2 amide bonds. The number of nitrogens with zero attached hydrogens (tertiary/aromatic N) is 2. The summed E-state index contributed by atoms with van der Waals surface area (Å²) >= 11 is 3.43. The van der Waals surface area contributed by atoms with Crippen LogP contribution in [0.2, 0.25) is 0 Å². The Kier molecular flexibility index (Phi) is 6.45. The molecule has 1 heterocycles. The van der Waals surface area contributed by atoms with Crippen LogP contribution in [0.5, 0.6) is 0 Å². The summed E-state index contributed by atoms with van der Waals surface area (Å²) in [6, 6.07) is 14.9. The van der Waals surface area contributed by atoms with Gasteiger partial charge >= 0.3 is 0 Å². The van der Waals surface area contributed by atoms with Crippen molar-refractivity contribution in [2.75, 3.05) is 16.4 Å². The van der Waals surface area contributed by atoms with Gasteiger partial charge in [-0.05, 0) is 59.0 Å². The number of hydrogen-bond donors (Lipinski definition) is 3. The number of anilines is 2. The van der Waals surface area contributed by atoms with Crippen molar-refractivity contribution in [3.8, 4) is 11.4 Å². The fraction of sp³-hybridized carbons (Fsp3) is 0.111. The highest BCUT2D eigenvalue weighted by Crippen LogP contribution is 2.22. The molecule has 0 aliphatic rings. The summed E-state index contributed by atoms with van der Waals surface area (Å²) in [5.74, 6) is 0.577. The maximum Gasteiger partial charge on any atom is 0.234 e. The van der Waals surface area contributed by atoms with Crippen LogP contribution in [0.1, 0.15) is 6.92 Å². The third kappa shape index (κ3) is 5.54. The minimum atomic E-state index is -0.121. The topological polar surface area (TPSA) is 99.8 Å². The van der Waals surface area contributed by atoms with Crippen LogP contribution in [0.3, 0.4) is 0 Å². The van der Waals surface area contributed by atoms with E-state index in [0.29, 0.717) is 16.7 Å². The second-order valence-corrected chi connectivity index (χ2v) is 7.65. The van der Waals surface area contributed by atoms with Crippen molar-refractivity contribution in [3.63, 3.8) is 0 Å². The molecule has 9 heteroatoms. The summed E-state index contributed by atoms with van der Waals surface area (Å²) in [5.41, 5.74) is 2.35. The van der Waals surface area contributed by atoms with E-state index in [1.165, 1.54) is 18.7 Å². The Morgan fingerprint density at radius 3 is 2.56 bits per heavy atom. The summed E-state index contributed by atoms with van der Waals surface area (Å²) < 4.78 is 0.983. The number of aromatic amines is 1. The van der Waals surface area contributed by atoms with Gasteiger partial charge in [-0.1, -0.05) is 23.9 Å². The molecule has 3 aromatic rings. The van der Waals surface area contributed by atoms with Crippen LogP contribution in [0.25, 0.3) is 11.4 Å². The van der Waals surface area contributed by atoms with E-state index < -0.39 is 0 Å². The first-order valence-electron chi connectivity index (χ1n) is 7.99. The molecule has 1 aromatic heterocycles. The fourth-order valence-electron chi connectivity index (χ4n) is 2.23. The Morgan fingerprint density at radius 2 is 1.85 bits per heavy atom. The van der Waals surface area contributed by atoms with Crippen molar-refractivity contribution >= 4 is 57.5 Å². The van der Waals surface area contributed by atoms with Gasteiger partial charge in [0.1, 0.15) is 0 Å². The number of para-hydroxylation sites is 1. The molecule has 138 valence electrons. The summed E-state index contributed by atoms with van der Waals surface area (Å²) in [6.45, 7) is 1.46. The first-order chi connectivity index (χ1) is 13.0. The van der Waals surface area contributed by atoms with Crippen LogP contribution in [-0.2, 0) is 9.59 Å². The Balaban J connectivity index is 1.57. The molecule has 0 unspecified atom stereocenters. The van der Waals surface area contributed by atoms with Gasteiger partial charge in [-0.2, -0.15) is 0 Å². The second-order valence-electron chi connectivity index (χ2n) is 5.54. The summed E-state index contributed by atoms with van der Waals surface area (Å²) in [6.07, 6.45) is 0. The number of thioether (sulfide) groups is 1. The lowest BCUT2D eigenvalue weighted by molar-refractivity contribution is -0.114. The Labute approximate surface area is 173 Å². The van der Waals surface area contributed by atoms with E-state index in [1.54, 1.807) is 12.1 Å². The van der Waals surface area contributed by atoms with Crippen molar-refractivity contribution < 1.29 is 9.59 Å². The molecule has 0 bridgehead atoms. The van der Waals surface area contributed by atoms with E-state index in [0.717, 1.165) is 14.8 Å². The third-order valence-electron chi connectivity index (χ3n) is 3.42. The van der Waals surface area contributed by atoms with Gasteiger partial charge in [0.15, 0.2) is 5.82 Å². The van der Waals surface area contributed by atoms with Crippen LogP contribution in [0.4, 0.5) is 11.4 Å². The number of carbonyl (C=O) groups excluding carboxylic acids is 2. The number of nitrogens with one attached hydrogen (secondary N) is 3. The zero-order valence-corrected chi connectivity index (χ0v) is 17.3. The molecule has 3 rings (SSSR count). The molecular weight excluding hydrogens is 477 g/mol. The largest absolute Gasteiger partial charge is 0.326 e. The molecule has 0 aliphatic carbocycles. The molecule has 3 N–H and O–H groups in total. The van der Waals surface area contributed by atoms with E-state index in [9.17, 15) is 9.59 Å². The van der Waals surface area contributed by atoms with Crippen molar-refractivity contribution in [1.29, 1.82) is 0 Å². The zero-order valence-electron chi connectivity index (χ0n) is 14.3. The number of aromatic nitrogens is 3. The summed E-state index contributed by atoms with van der Waals surface area (Å²) in [5, 5.41) is 13.1. The monoisotopic (exact) mass is 493 g/mol. The first-order valence-corrected chi connectivity index (χ1v) is 10.1. The standard InChI is InChI=1S/C18H16IN5O2S/c1-11(25)20-13-8-6-12(7-9-13)17-22-18(24-23-17)27-10-16(26)21-15-5-3-2-4-14(15)19/h2-9H,10H2,1H3,(H,20,25)(H,21,26)(H,22,23,24). The third-order valence-corrected chi connectivity index (χ3v) is 5.21. The van der Waals surface area contributed by atoms with Gasteiger partial charge in [-0.25, -0.2) is 4.98 Å². The highest BCUT2D eigenvalue weighted by Gasteiger charge is 2.10. The van der Waals surface area contributed by atoms with Crippen molar-refractivity contribution in [3.05, 3.63) is 52.1 Å². The van der Waals surface area contributed by atoms with E-state index in [4.69, 9.17) is 0 Å². The summed E-state index contributed by atoms with van der Waals surface area (Å²) in [4.78, 5) is 27.6. The number of carbonyl (C=O) groups is 2. The molecule has 27 heavy (non-hydrogen) atoms. The SMILES string of the molecule is CC(=O)Nc1ccc(-c2nc(SCC(=O)Nc3ccccc3I)n[nH]2)cc1. The molecule has 0 saturated carbocycles. The molecule has 2 aromatic carbocycles. The number of H-pyrrole nitrogens is 1. The smallest absolute Gasteiger partial charge is 0.234 e. The average Bonchev–Trinajstić information content (AvgIpc) is 3.11. The predicted molar refractivity (Wildman–Crippen MR) is 115 cm³/mol. The fourth-order valence-corrected chi connectivity index (χ4v) is 3.35. The van der Waals surface area contributed by atoms with Gasteiger partial charge in [0.2, 0.25) is 17.0 Å². The molecule has 0 spiro atoms. The van der Waals surface area contributed by atoms with E-state index in [2.05, 4.69) is 48.4 Å². The number of amides is 2. The van der Waals surface area contributed by atoms with Crippen LogP contribution in [0, 0.1) is 3.57 Å². The molecule has 0 atom stereocenters. The Morgan fingerprint density at radius 1 is 1.11 bits per heavy atom. The van der Waals surface area contributed by atoms with Crippen LogP contribution in [-0.4, -0.2) is 32.7 Å². The molecule has 0 radical (unpaired) electrons. The van der Waals surface area contributed by atoms with Crippen LogP contribution < -0.4 is 10.6 Å². The predicted octanol–water partition coefficient (Wildman–Crippen LogP) is 3.77. The lowest BCUT2D eigenvalue weighted by atomic mass is 10.2. The van der Waals surface area contributed by atoms with Crippen molar-refractivity contribution in [2.24, 2.45) is 0 Å². The lowest BCUT2D eigenvalue weighted by Gasteiger charge is -2.05. The van der Waals surface area contributed by atoms with Gasteiger partial charge in [0, 0.05) is 21.7 Å². The summed E-state index contributed by atoms with van der Waals surface area (Å²) in [7, 11) is 0. The van der Waals surface area contributed by atoms with E-state index >= 15 is 0 Å². The molecule has 0 fully saturated rings. The number of halogens is 1. The van der Waals surface area contributed by atoms with Gasteiger partial charge in [0.25, 0.3) is 0 Å². The normalized spacial score (nSPS) is 10.4. The maximum absolute atomic E-state index is 12.1. The van der Waals surface area contributed by atoms with Gasteiger partial charge in [0.05, 0.1) is 11.4 Å². The van der Waals surface area contributed by atoms with Crippen LogP contribution in [0.15, 0.2) is 53.7 Å². The number of benzene rings is 2. The minimum absolute atomic E-state index is 0.116. The minimum Gasteiger partial charge on any atom is -0.326 e. The van der Waals surface area contributed by atoms with E-state index in [1.807, 2.05) is 36.4 Å². The van der Waals surface area contributed by atoms with Crippen molar-refractivity contribution in [1.82, 2.24) is 15.2 Å². The molecule has 7 nitrogen and oxygen atoms in total. The van der Waals surface area contributed by atoms with Gasteiger partial charge in [-0.3, -0.25) is 14.7 Å². The van der Waals surface area contributed by atoms with Crippen LogP contribution >= 0.6 is 34.4 Å². The average molecular weight is 493 g/mol. The zero-order chi connectivity index (χ0) is 19.2. The number of hydrogen-bond acceptors (Lipinski definition) is 5. The maximum atomic E-state index is 12.1. The Bertz CT molecular complexity index is 958. The van der Waals surface area contributed by atoms with Gasteiger partial charge < -0.3 is 10.6 Å². The molecular formula is C18H16IN5O2S. The van der Waals surface area contributed by atoms with Gasteiger partial charge in [-0.15, -0.1) is 5.10 Å². The highest BCUT2D eigenvalue weighted by molar-refractivity contribution is 14.1. The number of rotatable bonds is 6. The molecule has 0 saturated heterocycles. The molecule has 0 aliphatic heterocycles. The van der Waals surface area contributed by atoms with E-state index in [-0.39, 0.29) is 17.6 Å². The first kappa shape index (κ1) is 19.4.